The SMILES string of the molecule is O=C1NC(=O)/C(=C\c2cc(Cl)c(OCc3ccc(Cl)cc3Cl)c(Br)c2)N1. The van der Waals surface area contributed by atoms with E-state index in [9.17, 15) is 9.59 Å². The van der Waals surface area contributed by atoms with Crippen LogP contribution in [0.3, 0.4) is 0 Å². The highest BCUT2D eigenvalue weighted by Gasteiger charge is 2.23. The van der Waals surface area contributed by atoms with Gasteiger partial charge in [-0.25, -0.2) is 4.79 Å². The fraction of sp³-hybridized carbons (Fsp3) is 0.0588. The lowest BCUT2D eigenvalue weighted by atomic mass is 10.2. The zero-order chi connectivity index (χ0) is 18.8. The summed E-state index contributed by atoms with van der Waals surface area (Å²) in [4.78, 5) is 22.7. The lowest BCUT2D eigenvalue weighted by Crippen LogP contribution is -2.22. The van der Waals surface area contributed by atoms with Crippen LogP contribution in [0.2, 0.25) is 15.1 Å². The molecule has 0 saturated carbocycles. The highest BCUT2D eigenvalue weighted by Crippen LogP contribution is 2.36. The third-order valence-corrected chi connectivity index (χ3v) is 4.90. The van der Waals surface area contributed by atoms with Crippen molar-refractivity contribution in [3.05, 3.63) is 66.7 Å². The molecule has 3 rings (SSSR count). The molecule has 1 saturated heterocycles. The monoisotopic (exact) mass is 474 g/mol. The number of benzene rings is 2. The molecule has 2 N–H and O–H groups in total. The van der Waals surface area contributed by atoms with Crippen LogP contribution in [0.25, 0.3) is 6.08 Å². The molecule has 1 fully saturated rings. The van der Waals surface area contributed by atoms with Gasteiger partial charge in [0.25, 0.3) is 5.91 Å². The summed E-state index contributed by atoms with van der Waals surface area (Å²) in [6, 6.07) is 7.90. The van der Waals surface area contributed by atoms with Gasteiger partial charge in [0.15, 0.2) is 5.75 Å². The molecule has 0 aliphatic carbocycles. The van der Waals surface area contributed by atoms with Crippen LogP contribution in [0.15, 0.2) is 40.5 Å². The maximum absolute atomic E-state index is 11.6. The summed E-state index contributed by atoms with van der Waals surface area (Å²) in [5, 5.41) is 5.91. The highest BCUT2D eigenvalue weighted by molar-refractivity contribution is 9.10. The van der Waals surface area contributed by atoms with Gasteiger partial charge >= 0.3 is 6.03 Å². The molecule has 2 aromatic rings. The Morgan fingerprint density at radius 1 is 1.04 bits per heavy atom. The van der Waals surface area contributed by atoms with Crippen molar-refractivity contribution >= 4 is 68.7 Å². The van der Waals surface area contributed by atoms with E-state index in [1.54, 1.807) is 30.3 Å². The molecule has 26 heavy (non-hydrogen) atoms. The number of imide groups is 1. The Labute approximate surface area is 172 Å². The van der Waals surface area contributed by atoms with Gasteiger partial charge < -0.3 is 10.1 Å². The minimum absolute atomic E-state index is 0.139. The predicted molar refractivity (Wildman–Crippen MR) is 105 cm³/mol. The highest BCUT2D eigenvalue weighted by atomic mass is 79.9. The number of rotatable bonds is 4. The van der Waals surface area contributed by atoms with Crippen molar-refractivity contribution in [1.82, 2.24) is 10.6 Å². The fourth-order valence-electron chi connectivity index (χ4n) is 2.24. The molecule has 0 unspecified atom stereocenters. The molecule has 9 heteroatoms. The van der Waals surface area contributed by atoms with Gasteiger partial charge in [0, 0.05) is 15.6 Å². The van der Waals surface area contributed by atoms with E-state index >= 15 is 0 Å². The first-order valence-electron chi connectivity index (χ1n) is 7.23. The number of urea groups is 1. The molecular formula is C17H10BrCl3N2O3. The van der Waals surface area contributed by atoms with E-state index in [-0.39, 0.29) is 12.3 Å². The Morgan fingerprint density at radius 2 is 1.81 bits per heavy atom. The zero-order valence-electron chi connectivity index (χ0n) is 12.9. The van der Waals surface area contributed by atoms with Crippen molar-refractivity contribution < 1.29 is 14.3 Å². The fourth-order valence-corrected chi connectivity index (χ4v) is 3.69. The largest absolute Gasteiger partial charge is 0.486 e. The first-order chi connectivity index (χ1) is 12.3. The van der Waals surface area contributed by atoms with Gasteiger partial charge in [-0.3, -0.25) is 10.1 Å². The van der Waals surface area contributed by atoms with Gasteiger partial charge in [0.1, 0.15) is 12.3 Å². The van der Waals surface area contributed by atoms with Gasteiger partial charge in [-0.1, -0.05) is 40.9 Å². The maximum atomic E-state index is 11.6. The number of ether oxygens (including phenoxy) is 1. The second kappa shape index (κ2) is 7.88. The summed E-state index contributed by atoms with van der Waals surface area (Å²) >= 11 is 21.7. The molecule has 5 nitrogen and oxygen atoms in total. The van der Waals surface area contributed by atoms with E-state index in [1.807, 2.05) is 0 Å². The van der Waals surface area contributed by atoms with Crippen molar-refractivity contribution in [2.45, 2.75) is 6.61 Å². The number of carbonyl (C=O) groups is 2. The first kappa shape index (κ1) is 19.0. The summed E-state index contributed by atoms with van der Waals surface area (Å²) in [7, 11) is 0. The van der Waals surface area contributed by atoms with Crippen molar-refractivity contribution in [3.8, 4) is 5.75 Å². The Kier molecular flexibility index (Phi) is 5.77. The van der Waals surface area contributed by atoms with Gasteiger partial charge in [-0.2, -0.15) is 0 Å². The van der Waals surface area contributed by atoms with Crippen LogP contribution in [0.5, 0.6) is 5.75 Å². The van der Waals surface area contributed by atoms with E-state index in [2.05, 4.69) is 26.6 Å². The smallest absolute Gasteiger partial charge is 0.326 e. The van der Waals surface area contributed by atoms with E-state index < -0.39 is 11.9 Å². The number of carbonyl (C=O) groups excluding carboxylic acids is 2. The standard InChI is InChI=1S/C17H10BrCl3N2O3/c18-11-3-8(5-14-16(24)23-17(25)22-14)4-13(21)15(11)26-7-9-1-2-10(19)6-12(9)20/h1-6H,7H2,(H2,22,23,24,25)/b14-5+. The second-order valence-electron chi connectivity index (χ2n) is 5.30. The average molecular weight is 477 g/mol. The van der Waals surface area contributed by atoms with Crippen LogP contribution in [0.1, 0.15) is 11.1 Å². The van der Waals surface area contributed by atoms with Crippen LogP contribution in [-0.2, 0) is 11.4 Å². The van der Waals surface area contributed by atoms with Crippen molar-refractivity contribution in [2.75, 3.05) is 0 Å². The molecule has 0 atom stereocenters. The van der Waals surface area contributed by atoms with E-state index in [0.29, 0.717) is 30.9 Å². The number of nitrogens with one attached hydrogen (secondary N) is 2. The minimum Gasteiger partial charge on any atom is -0.486 e. The summed E-state index contributed by atoms with van der Waals surface area (Å²) < 4.78 is 6.35. The third kappa shape index (κ3) is 4.32. The Bertz CT molecular complexity index is 924. The normalized spacial score (nSPS) is 15.2. The van der Waals surface area contributed by atoms with Crippen LogP contribution >= 0.6 is 50.7 Å². The Hall–Kier alpha value is -1.73. The third-order valence-electron chi connectivity index (χ3n) is 3.44. The van der Waals surface area contributed by atoms with Gasteiger partial charge in [0.05, 0.1) is 9.50 Å². The summed E-state index contributed by atoms with van der Waals surface area (Å²) in [5.74, 6) is -0.0697. The van der Waals surface area contributed by atoms with Crippen LogP contribution in [0, 0.1) is 0 Å². The molecular weight excluding hydrogens is 466 g/mol. The minimum atomic E-state index is -0.564. The zero-order valence-corrected chi connectivity index (χ0v) is 16.8. The van der Waals surface area contributed by atoms with Gasteiger partial charge in [-0.05, 0) is 51.8 Å². The van der Waals surface area contributed by atoms with Gasteiger partial charge in [-0.15, -0.1) is 0 Å². The van der Waals surface area contributed by atoms with Crippen molar-refractivity contribution in [1.29, 1.82) is 0 Å². The molecule has 0 bridgehead atoms. The van der Waals surface area contributed by atoms with Crippen LogP contribution in [-0.4, -0.2) is 11.9 Å². The molecule has 134 valence electrons. The Balaban J connectivity index is 1.80. The Morgan fingerprint density at radius 3 is 2.42 bits per heavy atom. The van der Waals surface area contributed by atoms with Gasteiger partial charge in [0.2, 0.25) is 0 Å². The molecule has 1 aliphatic heterocycles. The second-order valence-corrected chi connectivity index (χ2v) is 7.41. The summed E-state index contributed by atoms with van der Waals surface area (Å²) in [6.07, 6.45) is 1.51. The molecule has 3 amide bonds. The number of halogens is 4. The van der Waals surface area contributed by atoms with E-state index in [4.69, 9.17) is 39.5 Å². The summed E-state index contributed by atoms with van der Waals surface area (Å²) in [6.45, 7) is 0.202. The molecule has 0 aromatic heterocycles. The maximum Gasteiger partial charge on any atom is 0.326 e. The van der Waals surface area contributed by atoms with Crippen molar-refractivity contribution in [2.24, 2.45) is 0 Å². The van der Waals surface area contributed by atoms with Crippen LogP contribution < -0.4 is 15.4 Å². The molecule has 1 heterocycles. The molecule has 1 aliphatic rings. The van der Waals surface area contributed by atoms with E-state index in [0.717, 1.165) is 5.56 Å². The van der Waals surface area contributed by atoms with E-state index in [1.165, 1.54) is 6.08 Å². The molecule has 0 spiro atoms. The number of hydrogen-bond donors (Lipinski definition) is 2. The topological polar surface area (TPSA) is 67.4 Å². The lowest BCUT2D eigenvalue weighted by Gasteiger charge is -2.12. The molecule has 2 aromatic carbocycles. The average Bonchev–Trinajstić information content (AvgIpc) is 2.86. The van der Waals surface area contributed by atoms with Crippen LogP contribution in [0.4, 0.5) is 4.79 Å². The quantitative estimate of drug-likeness (QED) is 0.473. The summed E-state index contributed by atoms with van der Waals surface area (Å²) in [5.41, 5.74) is 1.52. The number of amides is 3. The number of hydrogen-bond acceptors (Lipinski definition) is 3. The lowest BCUT2D eigenvalue weighted by molar-refractivity contribution is -0.115. The molecule has 0 radical (unpaired) electrons. The van der Waals surface area contributed by atoms with Crippen molar-refractivity contribution in [3.63, 3.8) is 0 Å². The predicted octanol–water partition coefficient (Wildman–Crippen LogP) is 5.17. The first-order valence-corrected chi connectivity index (χ1v) is 9.16.